The number of hydrogen-bond donors (Lipinski definition) is 15. The Morgan fingerprint density at radius 1 is 0.727 bits per heavy atom. The minimum atomic E-state index is -1.70. The van der Waals surface area contributed by atoms with Crippen LogP contribution in [-0.2, 0) is 88.0 Å². The lowest BCUT2D eigenvalue weighted by Crippen LogP contribution is -2.61. The average molecular weight is 1400 g/mol. The summed E-state index contributed by atoms with van der Waals surface area (Å²) < 4.78 is 18.3. The van der Waals surface area contributed by atoms with Gasteiger partial charge in [-0.15, -0.1) is 16.9 Å². The number of rotatable bonds is 31. The molecule has 8 atom stereocenters. The number of amides is 12. The van der Waals surface area contributed by atoms with E-state index in [1.807, 2.05) is 13.0 Å². The van der Waals surface area contributed by atoms with E-state index < -0.39 is 114 Å². The van der Waals surface area contributed by atoms with Crippen molar-refractivity contribution >= 4 is 93.7 Å². The second-order valence-corrected chi connectivity index (χ2v) is 25.4. The lowest BCUT2D eigenvalue weighted by molar-refractivity contribution is -0.136. The molecule has 0 unspecified atom stereocenters. The number of hydrogen-bond acceptors (Lipinski definition) is 18. The summed E-state index contributed by atoms with van der Waals surface area (Å²) in [7, 11) is 0. The minimum Gasteiger partial charge on any atom is -0.377 e. The van der Waals surface area contributed by atoms with Crippen LogP contribution in [0, 0.1) is 5.92 Å². The van der Waals surface area contributed by atoms with Gasteiger partial charge in [0.25, 0.3) is 0 Å². The number of aliphatic imine (C=N–C) groups is 1. The van der Waals surface area contributed by atoms with Crippen LogP contribution in [-0.4, -0.2) is 204 Å². The van der Waals surface area contributed by atoms with Gasteiger partial charge in [0.15, 0.2) is 5.96 Å². The highest BCUT2D eigenvalue weighted by Gasteiger charge is 2.36. The second kappa shape index (κ2) is 41.6. The molecule has 33 nitrogen and oxygen atoms in total. The van der Waals surface area contributed by atoms with Gasteiger partial charge in [0.05, 0.1) is 51.2 Å². The zero-order chi connectivity index (χ0) is 71.6. The number of primary amides is 2. The van der Waals surface area contributed by atoms with E-state index in [0.29, 0.717) is 67.2 Å². The predicted octanol–water partition coefficient (Wildman–Crippen LogP) is -1.91. The molecule has 0 spiro atoms. The number of aromatic nitrogens is 4. The number of allylic oxidation sites excluding steroid dienone is 1. The van der Waals surface area contributed by atoms with Crippen molar-refractivity contribution in [3.8, 4) is 0 Å². The summed E-state index contributed by atoms with van der Waals surface area (Å²) >= 11 is 1.67. The van der Waals surface area contributed by atoms with Gasteiger partial charge in [-0.1, -0.05) is 80.6 Å². The molecule has 12 amide bonds. The third-order valence-electron chi connectivity index (χ3n) is 15.9. The van der Waals surface area contributed by atoms with Crippen molar-refractivity contribution in [3.63, 3.8) is 0 Å². The first-order valence-electron chi connectivity index (χ1n) is 33.2. The number of urea groups is 1. The number of carbonyl (C=O) groups excluding carboxylic acids is 11. The molecule has 4 heterocycles. The van der Waals surface area contributed by atoms with Gasteiger partial charge in [0, 0.05) is 80.1 Å². The zero-order valence-electron chi connectivity index (χ0n) is 56.1. The third-order valence-corrected chi connectivity index (χ3v) is 17.0. The number of H-pyrrole nitrogens is 1. The number of para-hydroxylation sites is 1. The van der Waals surface area contributed by atoms with Crippen molar-refractivity contribution < 1.29 is 67.0 Å². The molecule has 0 saturated carbocycles. The smallest absolute Gasteiger partial charge is 0.315 e. The van der Waals surface area contributed by atoms with Crippen molar-refractivity contribution in [1.29, 1.82) is 0 Å². The minimum absolute atomic E-state index is 0.0146. The van der Waals surface area contributed by atoms with Crippen LogP contribution in [0.25, 0.3) is 10.9 Å². The predicted molar refractivity (Wildman–Crippen MR) is 367 cm³/mol. The van der Waals surface area contributed by atoms with Crippen LogP contribution in [0.1, 0.15) is 95.4 Å². The van der Waals surface area contributed by atoms with Crippen LogP contribution < -0.4 is 76.1 Å². The van der Waals surface area contributed by atoms with Gasteiger partial charge in [-0.05, 0) is 73.8 Å². The fourth-order valence-corrected chi connectivity index (χ4v) is 11.7. The summed E-state index contributed by atoms with van der Waals surface area (Å²) in [5.41, 5.74) is 24.8. The summed E-state index contributed by atoms with van der Waals surface area (Å²) in [6.45, 7) is 6.52. The van der Waals surface area contributed by atoms with E-state index in [2.05, 4.69) is 79.5 Å². The highest BCUT2D eigenvalue weighted by Crippen LogP contribution is 2.23. The highest BCUT2D eigenvalue weighted by molar-refractivity contribution is 8.03. The van der Waals surface area contributed by atoms with Crippen molar-refractivity contribution in [2.75, 3.05) is 65.0 Å². The van der Waals surface area contributed by atoms with E-state index in [-0.39, 0.29) is 114 Å². The van der Waals surface area contributed by atoms with Crippen LogP contribution in [0.15, 0.2) is 83.0 Å². The number of thioether (sulfide) groups is 1. The number of nitrogens with zero attached hydrogens (tertiary/aromatic N) is 4. The maximum absolute atomic E-state index is 15.1. The Morgan fingerprint density at radius 2 is 1.39 bits per heavy atom. The van der Waals surface area contributed by atoms with Gasteiger partial charge in [-0.3, -0.25) is 57.6 Å². The maximum Gasteiger partial charge on any atom is 0.315 e. The second-order valence-electron chi connectivity index (χ2n) is 24.1. The lowest BCUT2D eigenvalue weighted by Gasteiger charge is -2.28. The standard InChI is InChI=1S/C65H95N19O14S/c1-4-99-52(51-36-73-65(95)80-51)21-10-11-22-54(86)70-24-26-96-27-28-97-29-30-98-38-55(87)74-49-33-42-37-84(83-82-42)25-13-12-19-45(57(67)88)75-63(94)56(39(2)3)81-62(93)50(34-53(66)85)79-59(90)47(31-40-15-6-5-7-16-40)77-60(91)48(32-41-35-72-44-18-9-8-17-43(41)44)78-58(89)46(76-61(49)92)20-14-23-71-64(68)69/h5-9,15-18,21,35,37,39,45-51,56,72H,4,10-14,19-20,22-34,36,38H2,1-3H3,(H2,66,85)(H2,67,88)(H,70,86)(H,74,87)(H,75,94)(H,76,92)(H,77,91)(H,78,89)(H,79,90)(H,81,93)(H4,68,69,71)(H2,73,80,95)/b52-21-/t45-,46+,47+,48+,49-,50+,51+,56+/m0/s1. The van der Waals surface area contributed by atoms with E-state index in [4.69, 9.17) is 37.1 Å². The third kappa shape index (κ3) is 27.6. The first-order chi connectivity index (χ1) is 47.6. The van der Waals surface area contributed by atoms with Crippen LogP contribution in [0.2, 0.25) is 0 Å². The molecule has 1 saturated heterocycles. The summed E-state index contributed by atoms with van der Waals surface area (Å²) in [4.78, 5) is 159. The number of aryl methyl sites for hydroxylation is 1. The van der Waals surface area contributed by atoms with Crippen molar-refractivity contribution in [2.45, 2.75) is 153 Å². The number of nitrogens with two attached hydrogens (primary N) is 4. The van der Waals surface area contributed by atoms with Crippen molar-refractivity contribution in [1.82, 2.24) is 73.1 Å². The number of benzene rings is 2. The lowest BCUT2D eigenvalue weighted by atomic mass is 10.00. The molecular formula is C65H95N19O14S. The molecular weight excluding hydrogens is 1300 g/mol. The molecule has 4 aromatic rings. The van der Waals surface area contributed by atoms with Crippen molar-refractivity contribution in [2.24, 2.45) is 33.8 Å². The van der Waals surface area contributed by atoms with Gasteiger partial charge >= 0.3 is 6.03 Å². The van der Waals surface area contributed by atoms with E-state index in [0.717, 1.165) is 10.7 Å². The number of guanidine groups is 1. The molecule has 2 bridgehead atoms. The fourth-order valence-electron chi connectivity index (χ4n) is 10.8. The molecule has 2 aliphatic heterocycles. The first kappa shape index (κ1) is 78.3. The average Bonchev–Trinajstić information content (AvgIpc) is 1.75. The molecule has 2 aromatic heterocycles. The van der Waals surface area contributed by atoms with E-state index in [9.17, 15) is 47.9 Å². The van der Waals surface area contributed by atoms with Gasteiger partial charge in [-0.25, -0.2) is 4.79 Å². The highest BCUT2D eigenvalue weighted by atomic mass is 32.2. The van der Waals surface area contributed by atoms with E-state index in [1.54, 1.807) is 86.5 Å². The van der Waals surface area contributed by atoms with Crippen molar-refractivity contribution in [3.05, 3.63) is 94.8 Å². The number of unbranched alkanes of at least 4 members (excludes halogenated alkanes) is 1. The molecule has 6 rings (SSSR count). The Labute approximate surface area is 577 Å². The summed E-state index contributed by atoms with van der Waals surface area (Å²) in [6.07, 6.45) is 6.32. The number of nitrogens with one attached hydrogen (secondary N) is 11. The Kier molecular flexibility index (Phi) is 32.9. The number of fused-ring (bicyclic) bond motifs is 3. The number of carbonyl (C=O) groups is 11. The molecule has 540 valence electrons. The van der Waals surface area contributed by atoms with Gasteiger partial charge in [0.1, 0.15) is 48.9 Å². The van der Waals surface area contributed by atoms with E-state index in [1.165, 1.54) is 4.68 Å². The van der Waals surface area contributed by atoms with Gasteiger partial charge in [0.2, 0.25) is 59.1 Å². The number of aromatic amines is 1. The molecule has 34 heteroatoms. The molecule has 99 heavy (non-hydrogen) atoms. The van der Waals surface area contributed by atoms with Crippen LogP contribution in [0.4, 0.5) is 4.79 Å². The molecule has 0 radical (unpaired) electrons. The molecule has 2 aromatic carbocycles. The normalized spacial score (nSPS) is 21.1. The summed E-state index contributed by atoms with van der Waals surface area (Å²) in [5, 5.41) is 36.4. The monoisotopic (exact) mass is 1400 g/mol. The van der Waals surface area contributed by atoms with Crippen LogP contribution in [0.5, 0.6) is 0 Å². The SMILES string of the molecule is CCS/C(=C\CCCC(=O)NCCOCCOCCOCC(=O)N[C@H]1Cc2cn(nn2)CCCC[C@@H](C(N)=O)NC(=O)[C@@H](C(C)C)NC(=O)[C@@H](CC(N)=O)NC(=O)[C@@H](Cc2ccccc2)NC(=O)[C@@H](Cc2c[nH]c3ccccc23)NC(=O)[C@@H](CCCN=C(N)N)NC1=O)[C@H]1CNC(=O)N1. The Morgan fingerprint density at radius 3 is 2.08 bits per heavy atom. The topological polar surface area (TPSA) is 499 Å². The molecule has 1 fully saturated rings. The Balaban J connectivity index is 1.19. The Hall–Kier alpha value is -9.67. The molecule has 19 N–H and O–H groups in total. The summed E-state index contributed by atoms with van der Waals surface area (Å²) in [6, 6.07) is 5.38. The zero-order valence-corrected chi connectivity index (χ0v) is 56.9. The van der Waals surface area contributed by atoms with Crippen LogP contribution >= 0.6 is 11.8 Å². The molecule has 2 aliphatic rings. The number of ether oxygens (including phenoxy) is 3. The molecule has 0 aliphatic carbocycles. The fraction of sp³-hybridized carbons (Fsp3) is 0.538. The van der Waals surface area contributed by atoms with Gasteiger partial charge < -0.3 is 95.3 Å². The quantitative estimate of drug-likeness (QED) is 0.0148. The van der Waals surface area contributed by atoms with Crippen LogP contribution in [0.3, 0.4) is 0 Å². The first-order valence-corrected chi connectivity index (χ1v) is 34.1. The summed E-state index contributed by atoms with van der Waals surface area (Å²) in [5.74, 6) is -8.03. The van der Waals surface area contributed by atoms with Gasteiger partial charge in [-0.2, -0.15) is 0 Å². The van der Waals surface area contributed by atoms with E-state index >= 15 is 4.79 Å². The maximum atomic E-state index is 15.1. The Bertz CT molecular complexity index is 3420. The largest absolute Gasteiger partial charge is 0.377 e.